The van der Waals surface area contributed by atoms with Crippen LogP contribution >= 0.6 is 0 Å². The third-order valence-corrected chi connectivity index (χ3v) is 4.38. The largest absolute Gasteiger partial charge is 0.493 e. The van der Waals surface area contributed by atoms with Gasteiger partial charge in [0.25, 0.3) is 5.91 Å². The van der Waals surface area contributed by atoms with Crippen molar-refractivity contribution >= 4 is 5.91 Å². The van der Waals surface area contributed by atoms with Gasteiger partial charge in [-0.3, -0.25) is 4.79 Å². The zero-order valence-electron chi connectivity index (χ0n) is 14.1. The molecule has 0 spiro atoms. The molecule has 1 atom stereocenters. The van der Waals surface area contributed by atoms with Gasteiger partial charge in [-0.05, 0) is 55.3 Å². The van der Waals surface area contributed by atoms with Gasteiger partial charge in [0.2, 0.25) is 0 Å². The molecule has 0 bridgehead atoms. The summed E-state index contributed by atoms with van der Waals surface area (Å²) in [7, 11) is 0. The Morgan fingerprint density at radius 2 is 1.96 bits per heavy atom. The van der Waals surface area contributed by atoms with E-state index in [-0.39, 0.29) is 28.8 Å². The Hall–Kier alpha value is -2.94. The predicted molar refractivity (Wildman–Crippen MR) is 91.6 cm³/mol. The lowest BCUT2D eigenvalue weighted by Crippen LogP contribution is -2.41. The molecular formula is C20H18F2N2O2. The van der Waals surface area contributed by atoms with Crippen LogP contribution in [0.25, 0.3) is 0 Å². The summed E-state index contributed by atoms with van der Waals surface area (Å²) >= 11 is 0. The molecule has 0 saturated carbocycles. The van der Waals surface area contributed by atoms with Crippen molar-refractivity contribution < 1.29 is 18.3 Å². The van der Waals surface area contributed by atoms with E-state index in [2.05, 4.69) is 0 Å². The third kappa shape index (κ3) is 4.37. The normalized spacial score (nSPS) is 16.8. The van der Waals surface area contributed by atoms with Crippen molar-refractivity contribution in [3.8, 4) is 11.8 Å². The van der Waals surface area contributed by atoms with Crippen LogP contribution in [-0.4, -0.2) is 30.5 Å². The highest BCUT2D eigenvalue weighted by Crippen LogP contribution is 2.21. The van der Waals surface area contributed by atoms with Gasteiger partial charge in [0, 0.05) is 24.6 Å². The number of likely N-dealkylation sites (tertiary alicyclic amines) is 1. The summed E-state index contributed by atoms with van der Waals surface area (Å²) in [5.74, 6) is -0.480. The first-order chi connectivity index (χ1) is 12.5. The Kier molecular flexibility index (Phi) is 5.47. The number of hydrogen-bond donors (Lipinski definition) is 0. The zero-order valence-corrected chi connectivity index (χ0v) is 14.1. The molecule has 0 aromatic heterocycles. The van der Waals surface area contributed by atoms with Crippen LogP contribution in [0.5, 0.6) is 5.75 Å². The Morgan fingerprint density at radius 3 is 2.69 bits per heavy atom. The number of benzene rings is 2. The molecule has 3 rings (SSSR count). The van der Waals surface area contributed by atoms with Crippen molar-refractivity contribution in [2.24, 2.45) is 5.92 Å². The second kappa shape index (κ2) is 7.96. The highest BCUT2D eigenvalue weighted by molar-refractivity contribution is 5.94. The van der Waals surface area contributed by atoms with Crippen LogP contribution in [0.2, 0.25) is 0 Å². The minimum absolute atomic E-state index is 0.126. The summed E-state index contributed by atoms with van der Waals surface area (Å²) in [6.45, 7) is 1.50. The van der Waals surface area contributed by atoms with E-state index in [0.717, 1.165) is 25.0 Å². The molecule has 1 heterocycles. The van der Waals surface area contributed by atoms with Gasteiger partial charge in [-0.2, -0.15) is 5.26 Å². The first kappa shape index (κ1) is 17.9. The summed E-state index contributed by atoms with van der Waals surface area (Å²) in [6, 6.07) is 11.3. The molecule has 26 heavy (non-hydrogen) atoms. The first-order valence-electron chi connectivity index (χ1n) is 8.43. The van der Waals surface area contributed by atoms with E-state index in [1.807, 2.05) is 6.07 Å². The van der Waals surface area contributed by atoms with E-state index in [0.29, 0.717) is 25.4 Å². The number of carbonyl (C=O) groups is 1. The van der Waals surface area contributed by atoms with Gasteiger partial charge in [-0.15, -0.1) is 0 Å². The highest BCUT2D eigenvalue weighted by Gasteiger charge is 2.25. The summed E-state index contributed by atoms with van der Waals surface area (Å²) in [4.78, 5) is 14.3. The van der Waals surface area contributed by atoms with Crippen molar-refractivity contribution in [3.63, 3.8) is 0 Å². The highest BCUT2D eigenvalue weighted by atomic mass is 19.1. The van der Waals surface area contributed by atoms with E-state index in [9.17, 15) is 13.6 Å². The van der Waals surface area contributed by atoms with Gasteiger partial charge < -0.3 is 9.64 Å². The van der Waals surface area contributed by atoms with E-state index in [4.69, 9.17) is 10.00 Å². The average Bonchev–Trinajstić information content (AvgIpc) is 2.66. The monoisotopic (exact) mass is 356 g/mol. The second-order valence-corrected chi connectivity index (χ2v) is 6.36. The van der Waals surface area contributed by atoms with Crippen LogP contribution < -0.4 is 4.74 Å². The van der Waals surface area contributed by atoms with Crippen LogP contribution in [-0.2, 0) is 0 Å². The fraction of sp³-hybridized carbons (Fsp3) is 0.300. The maximum atomic E-state index is 13.6. The molecular weight excluding hydrogens is 338 g/mol. The summed E-state index contributed by atoms with van der Waals surface area (Å²) in [6.07, 6.45) is 1.74. The lowest BCUT2D eigenvalue weighted by molar-refractivity contribution is 0.0633. The minimum atomic E-state index is -0.597. The van der Waals surface area contributed by atoms with Crippen molar-refractivity contribution in [1.29, 1.82) is 5.26 Å². The molecule has 2 aromatic carbocycles. The number of nitriles is 1. The molecule has 134 valence electrons. The summed E-state index contributed by atoms with van der Waals surface area (Å²) in [5.41, 5.74) is 0.309. The Bertz CT molecular complexity index is 831. The van der Waals surface area contributed by atoms with Gasteiger partial charge in [-0.25, -0.2) is 8.78 Å². The minimum Gasteiger partial charge on any atom is -0.493 e. The van der Waals surface area contributed by atoms with Gasteiger partial charge in [0.05, 0.1) is 18.2 Å². The number of piperidine rings is 1. The number of amides is 1. The molecule has 1 aliphatic rings. The zero-order chi connectivity index (χ0) is 18.5. The van der Waals surface area contributed by atoms with Crippen molar-refractivity contribution in [1.82, 2.24) is 4.90 Å². The van der Waals surface area contributed by atoms with Crippen LogP contribution in [0.1, 0.15) is 28.8 Å². The maximum absolute atomic E-state index is 13.6. The van der Waals surface area contributed by atoms with Crippen LogP contribution in [0.3, 0.4) is 0 Å². The summed E-state index contributed by atoms with van der Waals surface area (Å²) < 4.78 is 32.2. The van der Waals surface area contributed by atoms with Crippen LogP contribution in [0.15, 0.2) is 42.5 Å². The third-order valence-electron chi connectivity index (χ3n) is 4.38. The fourth-order valence-corrected chi connectivity index (χ4v) is 3.09. The van der Waals surface area contributed by atoms with Gasteiger partial charge >= 0.3 is 0 Å². The molecule has 1 fully saturated rings. The Morgan fingerprint density at radius 1 is 1.19 bits per heavy atom. The van der Waals surface area contributed by atoms with Crippen molar-refractivity contribution in [3.05, 3.63) is 65.2 Å². The Balaban J connectivity index is 1.62. The average molecular weight is 356 g/mol. The van der Waals surface area contributed by atoms with E-state index >= 15 is 0 Å². The topological polar surface area (TPSA) is 53.3 Å². The number of hydrogen-bond acceptors (Lipinski definition) is 3. The first-order valence-corrected chi connectivity index (χ1v) is 8.43. The van der Waals surface area contributed by atoms with Gasteiger partial charge in [0.1, 0.15) is 17.4 Å². The molecule has 0 N–H and O–H groups in total. The molecule has 4 nitrogen and oxygen atoms in total. The molecule has 1 saturated heterocycles. The number of nitrogens with zero attached hydrogens (tertiary/aromatic N) is 2. The molecule has 1 aliphatic heterocycles. The van der Waals surface area contributed by atoms with Gasteiger partial charge in [0.15, 0.2) is 0 Å². The lowest BCUT2D eigenvalue weighted by atomic mass is 9.98. The summed E-state index contributed by atoms with van der Waals surface area (Å²) in [5, 5.41) is 8.93. The number of halogens is 2. The molecule has 2 aromatic rings. The quantitative estimate of drug-likeness (QED) is 0.838. The second-order valence-electron chi connectivity index (χ2n) is 6.36. The Labute approximate surface area is 150 Å². The van der Waals surface area contributed by atoms with E-state index < -0.39 is 5.82 Å². The van der Waals surface area contributed by atoms with Crippen LogP contribution in [0.4, 0.5) is 8.78 Å². The maximum Gasteiger partial charge on any atom is 0.254 e. The lowest BCUT2D eigenvalue weighted by Gasteiger charge is -2.32. The SMILES string of the molecule is N#Cc1cc(F)cc(C(=O)N2CCC[C@@H](COc3ccc(F)cc3)C2)c1. The molecule has 1 amide bonds. The van der Waals surface area contributed by atoms with Crippen molar-refractivity contribution in [2.45, 2.75) is 12.8 Å². The van der Waals surface area contributed by atoms with E-state index in [1.165, 1.54) is 18.2 Å². The predicted octanol–water partition coefficient (Wildman–Crippen LogP) is 3.77. The smallest absolute Gasteiger partial charge is 0.254 e. The van der Waals surface area contributed by atoms with Crippen LogP contribution in [0, 0.1) is 28.9 Å². The van der Waals surface area contributed by atoms with Crippen molar-refractivity contribution in [2.75, 3.05) is 19.7 Å². The standard InChI is InChI=1S/C20H18F2N2O2/c21-17-3-5-19(6-4-17)26-13-14-2-1-7-24(12-14)20(25)16-8-15(11-23)9-18(22)10-16/h3-6,8-10,14H,1-2,7,12-13H2/t14-/m1/s1. The fourth-order valence-electron chi connectivity index (χ4n) is 3.09. The number of ether oxygens (including phenoxy) is 1. The molecule has 0 radical (unpaired) electrons. The number of carbonyl (C=O) groups excluding carboxylic acids is 1. The number of rotatable bonds is 4. The molecule has 0 aliphatic carbocycles. The van der Waals surface area contributed by atoms with E-state index in [1.54, 1.807) is 17.0 Å². The molecule has 6 heteroatoms. The molecule has 0 unspecified atom stereocenters. The van der Waals surface area contributed by atoms with Gasteiger partial charge in [-0.1, -0.05) is 0 Å².